The van der Waals surface area contributed by atoms with Crippen LogP contribution in [0.4, 0.5) is 8.78 Å². The fourth-order valence-electron chi connectivity index (χ4n) is 0.911. The quantitative estimate of drug-likeness (QED) is 0.771. The van der Waals surface area contributed by atoms with E-state index in [4.69, 9.17) is 4.74 Å². The summed E-state index contributed by atoms with van der Waals surface area (Å²) in [5.74, 6) is 0.346. The predicted molar refractivity (Wildman–Crippen MR) is 48.4 cm³/mol. The molecule has 1 heterocycles. The minimum Gasteiger partial charge on any atom is -0.481 e. The Bertz CT molecular complexity index is 293. The van der Waals surface area contributed by atoms with Crippen LogP contribution in [0.25, 0.3) is 0 Å². The molecule has 1 aromatic rings. The van der Waals surface area contributed by atoms with Crippen LogP contribution in [0.5, 0.6) is 5.88 Å². The summed E-state index contributed by atoms with van der Waals surface area (Å²) >= 11 is 3.09. The summed E-state index contributed by atoms with van der Waals surface area (Å²) in [6.45, 7) is 0. The standard InChI is InChI=1S/C8H8BrF2NO/c1-13-7-3-2-5(8(10)11)6(4-9)12-7/h2-3,8H,4H2,1H3. The maximum Gasteiger partial charge on any atom is 0.265 e. The number of hydrogen-bond acceptors (Lipinski definition) is 2. The van der Waals surface area contributed by atoms with Crippen LogP contribution in [0.1, 0.15) is 17.7 Å². The highest BCUT2D eigenvalue weighted by Crippen LogP contribution is 2.25. The molecule has 0 saturated carbocycles. The lowest BCUT2D eigenvalue weighted by molar-refractivity contribution is 0.150. The van der Waals surface area contributed by atoms with E-state index in [1.807, 2.05) is 0 Å². The molecular weight excluding hydrogens is 244 g/mol. The molecule has 2 nitrogen and oxygen atoms in total. The predicted octanol–water partition coefficient (Wildman–Crippen LogP) is 2.92. The van der Waals surface area contributed by atoms with Crippen molar-refractivity contribution in [2.75, 3.05) is 7.11 Å². The third kappa shape index (κ3) is 2.37. The van der Waals surface area contributed by atoms with Gasteiger partial charge >= 0.3 is 0 Å². The number of hydrogen-bond donors (Lipinski definition) is 0. The summed E-state index contributed by atoms with van der Waals surface area (Å²) < 4.78 is 29.5. The Labute approximate surface area is 83.1 Å². The largest absolute Gasteiger partial charge is 0.481 e. The fourth-order valence-corrected chi connectivity index (χ4v) is 1.36. The van der Waals surface area contributed by atoms with Gasteiger partial charge in [0.15, 0.2) is 0 Å². The van der Waals surface area contributed by atoms with E-state index < -0.39 is 6.43 Å². The van der Waals surface area contributed by atoms with Crippen LogP contribution in [-0.2, 0) is 5.33 Å². The number of alkyl halides is 3. The molecule has 1 rings (SSSR count). The van der Waals surface area contributed by atoms with Gasteiger partial charge in [0.25, 0.3) is 6.43 Å². The van der Waals surface area contributed by atoms with Crippen molar-refractivity contribution >= 4 is 15.9 Å². The van der Waals surface area contributed by atoms with Gasteiger partial charge in [0.05, 0.1) is 12.8 Å². The minimum absolute atomic E-state index is 0.0577. The number of aromatic nitrogens is 1. The second-order valence-electron chi connectivity index (χ2n) is 2.32. The molecule has 1 aromatic heterocycles. The second kappa shape index (κ2) is 4.50. The first-order valence-electron chi connectivity index (χ1n) is 3.57. The molecule has 13 heavy (non-hydrogen) atoms. The van der Waals surface area contributed by atoms with Crippen molar-refractivity contribution in [3.05, 3.63) is 23.4 Å². The summed E-state index contributed by atoms with van der Waals surface area (Å²) in [7, 11) is 1.45. The van der Waals surface area contributed by atoms with Crippen molar-refractivity contribution in [1.29, 1.82) is 0 Å². The first-order valence-corrected chi connectivity index (χ1v) is 4.69. The Hall–Kier alpha value is -0.710. The van der Waals surface area contributed by atoms with Crippen LogP contribution in [-0.4, -0.2) is 12.1 Å². The van der Waals surface area contributed by atoms with Crippen LogP contribution in [0, 0.1) is 0 Å². The van der Waals surface area contributed by atoms with Crippen molar-refractivity contribution in [1.82, 2.24) is 4.98 Å². The molecule has 0 aromatic carbocycles. The highest BCUT2D eigenvalue weighted by molar-refractivity contribution is 9.08. The molecule has 0 aliphatic carbocycles. The Morgan fingerprint density at radius 3 is 2.69 bits per heavy atom. The maximum absolute atomic E-state index is 12.3. The number of ether oxygens (including phenoxy) is 1. The summed E-state index contributed by atoms with van der Waals surface area (Å²) in [6.07, 6.45) is -2.49. The third-order valence-corrected chi connectivity index (χ3v) is 2.09. The summed E-state index contributed by atoms with van der Waals surface area (Å²) in [6, 6.07) is 2.75. The topological polar surface area (TPSA) is 22.1 Å². The van der Waals surface area contributed by atoms with E-state index in [0.29, 0.717) is 16.9 Å². The Morgan fingerprint density at radius 2 is 2.23 bits per heavy atom. The normalized spacial score (nSPS) is 10.5. The van der Waals surface area contributed by atoms with Crippen molar-refractivity contribution in [3.63, 3.8) is 0 Å². The van der Waals surface area contributed by atoms with Crippen molar-refractivity contribution in [3.8, 4) is 5.88 Å². The second-order valence-corrected chi connectivity index (χ2v) is 2.88. The van der Waals surface area contributed by atoms with Gasteiger partial charge in [0.2, 0.25) is 5.88 Å². The number of rotatable bonds is 3. The SMILES string of the molecule is COc1ccc(C(F)F)c(CBr)n1. The number of nitrogens with zero attached hydrogens (tertiary/aromatic N) is 1. The van der Waals surface area contributed by atoms with E-state index >= 15 is 0 Å². The van der Waals surface area contributed by atoms with Crippen LogP contribution in [0.3, 0.4) is 0 Å². The van der Waals surface area contributed by atoms with Gasteiger partial charge in [0, 0.05) is 17.0 Å². The molecule has 72 valence electrons. The zero-order chi connectivity index (χ0) is 9.84. The van der Waals surface area contributed by atoms with Gasteiger partial charge < -0.3 is 4.74 Å². The fraction of sp³-hybridized carbons (Fsp3) is 0.375. The van der Waals surface area contributed by atoms with Gasteiger partial charge in [-0.15, -0.1) is 0 Å². The third-order valence-electron chi connectivity index (χ3n) is 1.55. The van der Waals surface area contributed by atoms with E-state index in [0.717, 1.165) is 0 Å². The first kappa shape index (κ1) is 10.4. The molecule has 0 saturated heterocycles. The number of pyridine rings is 1. The van der Waals surface area contributed by atoms with Gasteiger partial charge in [-0.25, -0.2) is 13.8 Å². The van der Waals surface area contributed by atoms with E-state index in [2.05, 4.69) is 20.9 Å². The van der Waals surface area contributed by atoms with E-state index in [9.17, 15) is 8.78 Å². The Morgan fingerprint density at radius 1 is 1.54 bits per heavy atom. The van der Waals surface area contributed by atoms with Crippen LogP contribution >= 0.6 is 15.9 Å². The molecule has 0 amide bonds. The molecule has 0 aliphatic heterocycles. The molecule has 0 fully saturated rings. The van der Waals surface area contributed by atoms with Crippen molar-refractivity contribution in [2.24, 2.45) is 0 Å². The average Bonchev–Trinajstić information content (AvgIpc) is 2.16. The minimum atomic E-state index is -2.49. The van der Waals surface area contributed by atoms with Gasteiger partial charge in [0.1, 0.15) is 0 Å². The highest BCUT2D eigenvalue weighted by Gasteiger charge is 2.13. The van der Waals surface area contributed by atoms with E-state index in [1.54, 1.807) is 0 Å². The lowest BCUT2D eigenvalue weighted by Crippen LogP contribution is -1.98. The van der Waals surface area contributed by atoms with Gasteiger partial charge in [-0.3, -0.25) is 0 Å². The molecule has 5 heteroatoms. The zero-order valence-corrected chi connectivity index (χ0v) is 8.51. The maximum atomic E-state index is 12.3. The molecular formula is C8H8BrF2NO. The zero-order valence-electron chi connectivity index (χ0n) is 6.93. The monoisotopic (exact) mass is 251 g/mol. The molecule has 0 radical (unpaired) electrons. The van der Waals surface area contributed by atoms with Crippen LogP contribution in [0.15, 0.2) is 12.1 Å². The molecule has 0 aliphatic rings. The average molecular weight is 252 g/mol. The Balaban J connectivity index is 3.08. The van der Waals surface area contributed by atoms with Crippen molar-refractivity contribution < 1.29 is 13.5 Å². The highest BCUT2D eigenvalue weighted by atomic mass is 79.9. The van der Waals surface area contributed by atoms with E-state index in [1.165, 1.54) is 19.2 Å². The van der Waals surface area contributed by atoms with Gasteiger partial charge in [-0.05, 0) is 6.07 Å². The summed E-state index contributed by atoms with van der Waals surface area (Å²) in [5.41, 5.74) is 0.257. The lowest BCUT2D eigenvalue weighted by Gasteiger charge is -2.06. The number of methoxy groups -OCH3 is 1. The molecule has 0 unspecified atom stereocenters. The molecule has 0 atom stereocenters. The summed E-state index contributed by atoms with van der Waals surface area (Å²) in [4.78, 5) is 3.88. The Kier molecular flexibility index (Phi) is 3.59. The molecule has 0 bridgehead atoms. The molecule has 0 N–H and O–H groups in total. The van der Waals surface area contributed by atoms with E-state index in [-0.39, 0.29) is 5.56 Å². The van der Waals surface area contributed by atoms with Crippen LogP contribution in [0.2, 0.25) is 0 Å². The molecule has 0 spiro atoms. The lowest BCUT2D eigenvalue weighted by atomic mass is 10.2. The first-order chi connectivity index (χ1) is 6.19. The van der Waals surface area contributed by atoms with Crippen LogP contribution < -0.4 is 4.74 Å². The van der Waals surface area contributed by atoms with Gasteiger partial charge in [-0.1, -0.05) is 15.9 Å². The smallest absolute Gasteiger partial charge is 0.265 e. The number of halogens is 3. The van der Waals surface area contributed by atoms with Crippen molar-refractivity contribution in [2.45, 2.75) is 11.8 Å². The summed E-state index contributed by atoms with van der Waals surface area (Å²) in [5, 5.41) is 0.296. The van der Waals surface area contributed by atoms with Gasteiger partial charge in [-0.2, -0.15) is 0 Å².